The number of rotatable bonds is 47. The maximum atomic E-state index is 6.33. The van der Waals surface area contributed by atoms with Crippen molar-refractivity contribution in [3.8, 4) is 0 Å². The molecule has 0 spiro atoms. The largest absolute Gasteiger partial charge is 0.379 e. The number of ether oxygens (including phenoxy) is 3. The first-order valence-corrected chi connectivity index (χ1v) is 24.1. The molecule has 0 amide bonds. The lowest BCUT2D eigenvalue weighted by atomic mass is 10.0. The summed E-state index contributed by atoms with van der Waals surface area (Å²) in [6, 6.07) is 0. The lowest BCUT2D eigenvalue weighted by molar-refractivity contribution is -0.0616. The summed E-state index contributed by atoms with van der Waals surface area (Å²) in [5.41, 5.74) is 0. The minimum absolute atomic E-state index is 0.0891. The van der Waals surface area contributed by atoms with E-state index in [0.717, 1.165) is 19.8 Å². The normalized spacial score (nSPS) is 11.8. The molecule has 0 N–H and O–H groups in total. The molecule has 0 aliphatic heterocycles. The first-order valence-electron chi connectivity index (χ1n) is 24.1. The van der Waals surface area contributed by atoms with E-state index in [1.807, 2.05) is 0 Å². The molecule has 0 aromatic carbocycles. The molecule has 0 aromatic rings. The van der Waals surface area contributed by atoms with Crippen LogP contribution in [0.25, 0.3) is 0 Å². The molecule has 0 radical (unpaired) electrons. The van der Waals surface area contributed by atoms with Crippen molar-refractivity contribution in [2.24, 2.45) is 0 Å². The van der Waals surface area contributed by atoms with Gasteiger partial charge < -0.3 is 14.2 Å². The molecule has 0 rings (SSSR count). The van der Waals surface area contributed by atoms with Crippen LogP contribution in [0.1, 0.15) is 271 Å². The summed E-state index contributed by atoms with van der Waals surface area (Å²) in [6.07, 6.45) is 54.4. The van der Waals surface area contributed by atoms with Crippen molar-refractivity contribution in [1.29, 1.82) is 0 Å². The summed E-state index contributed by atoms with van der Waals surface area (Å²) in [5.74, 6) is 0. The van der Waals surface area contributed by atoms with Crippen molar-refractivity contribution in [2.75, 3.05) is 33.0 Å². The highest BCUT2D eigenvalue weighted by atomic mass is 16.6. The highest BCUT2D eigenvalue weighted by Gasteiger charge is 2.10. The van der Waals surface area contributed by atoms with Crippen LogP contribution in [0.2, 0.25) is 0 Å². The van der Waals surface area contributed by atoms with Gasteiger partial charge in [-0.2, -0.15) is 0 Å². The molecule has 0 saturated carbocycles. The van der Waals surface area contributed by atoms with Crippen LogP contribution < -0.4 is 0 Å². The third-order valence-corrected chi connectivity index (χ3v) is 11.0. The topological polar surface area (TPSA) is 27.7 Å². The van der Waals surface area contributed by atoms with Crippen LogP contribution in [0, 0.1) is 0 Å². The van der Waals surface area contributed by atoms with Crippen LogP contribution in [0.5, 0.6) is 0 Å². The summed E-state index contributed by atoms with van der Waals surface area (Å²) in [7, 11) is 0. The van der Waals surface area contributed by atoms with Gasteiger partial charge in [0.1, 0.15) is 6.10 Å². The van der Waals surface area contributed by atoms with E-state index >= 15 is 0 Å². The maximum Gasteiger partial charge on any atom is 0.104 e. The summed E-state index contributed by atoms with van der Waals surface area (Å²) in [6.45, 7) is 10.9. The first kappa shape index (κ1) is 50.9. The third kappa shape index (κ3) is 46.0. The molecule has 308 valence electrons. The van der Waals surface area contributed by atoms with Crippen LogP contribution in [-0.4, -0.2) is 39.1 Å². The zero-order chi connectivity index (χ0) is 36.8. The van der Waals surface area contributed by atoms with Crippen LogP contribution in [0.15, 0.2) is 0 Å². The van der Waals surface area contributed by atoms with Crippen LogP contribution in [0.4, 0.5) is 0 Å². The van der Waals surface area contributed by atoms with Gasteiger partial charge in [0.25, 0.3) is 0 Å². The minimum atomic E-state index is 0.0891. The standard InChI is InChI=1S/C48H98O3/c1-4-7-10-13-16-19-22-25-28-31-34-37-40-43-49-46-48(51-45-42-39-36-33-30-27-24-21-18-15-12-9-6-3)47-50-44-41-38-35-32-29-26-23-20-17-14-11-8-5-2/h48H,4-47H2,1-3H3. The monoisotopic (exact) mass is 723 g/mol. The summed E-state index contributed by atoms with van der Waals surface area (Å²) in [5, 5.41) is 0. The van der Waals surface area contributed by atoms with Crippen LogP contribution >= 0.6 is 0 Å². The van der Waals surface area contributed by atoms with Crippen LogP contribution in [-0.2, 0) is 14.2 Å². The number of hydrogen-bond acceptors (Lipinski definition) is 3. The van der Waals surface area contributed by atoms with Gasteiger partial charge in [-0.15, -0.1) is 0 Å². The van der Waals surface area contributed by atoms with Crippen molar-refractivity contribution in [3.63, 3.8) is 0 Å². The predicted molar refractivity (Wildman–Crippen MR) is 228 cm³/mol. The van der Waals surface area contributed by atoms with E-state index in [-0.39, 0.29) is 6.10 Å². The molecule has 0 atom stereocenters. The summed E-state index contributed by atoms with van der Waals surface area (Å²) < 4.78 is 18.6. The fraction of sp³-hybridized carbons (Fsp3) is 1.00. The van der Waals surface area contributed by atoms with E-state index in [1.165, 1.54) is 250 Å². The Kier molecular flexibility index (Phi) is 47.8. The van der Waals surface area contributed by atoms with E-state index in [4.69, 9.17) is 14.2 Å². The molecule has 0 heterocycles. The fourth-order valence-corrected chi connectivity index (χ4v) is 7.39. The Bertz CT molecular complexity index is 547. The summed E-state index contributed by atoms with van der Waals surface area (Å²) in [4.78, 5) is 0. The molecular weight excluding hydrogens is 625 g/mol. The highest BCUT2D eigenvalue weighted by Crippen LogP contribution is 2.15. The van der Waals surface area contributed by atoms with E-state index in [2.05, 4.69) is 20.8 Å². The zero-order valence-electron chi connectivity index (χ0n) is 35.9. The molecule has 51 heavy (non-hydrogen) atoms. The Labute approximate surface area is 323 Å². The van der Waals surface area contributed by atoms with Crippen molar-refractivity contribution >= 4 is 0 Å². The molecule has 3 heteroatoms. The Morgan fingerprint density at radius 1 is 0.235 bits per heavy atom. The zero-order valence-corrected chi connectivity index (χ0v) is 35.9. The second kappa shape index (κ2) is 47.9. The van der Waals surface area contributed by atoms with Gasteiger partial charge in [-0.25, -0.2) is 0 Å². The second-order valence-electron chi connectivity index (χ2n) is 16.4. The molecule has 0 unspecified atom stereocenters. The van der Waals surface area contributed by atoms with Crippen molar-refractivity contribution in [3.05, 3.63) is 0 Å². The Hall–Kier alpha value is -0.120. The molecule has 0 bridgehead atoms. The minimum Gasteiger partial charge on any atom is -0.379 e. The molecule has 0 aliphatic rings. The van der Waals surface area contributed by atoms with E-state index in [0.29, 0.717) is 13.2 Å². The van der Waals surface area contributed by atoms with Gasteiger partial charge in [-0.1, -0.05) is 252 Å². The van der Waals surface area contributed by atoms with Crippen molar-refractivity contribution in [1.82, 2.24) is 0 Å². The Morgan fingerprint density at radius 2 is 0.431 bits per heavy atom. The van der Waals surface area contributed by atoms with Gasteiger partial charge in [0.15, 0.2) is 0 Å². The third-order valence-electron chi connectivity index (χ3n) is 11.0. The van der Waals surface area contributed by atoms with Gasteiger partial charge in [0, 0.05) is 19.8 Å². The van der Waals surface area contributed by atoms with E-state index in [9.17, 15) is 0 Å². The predicted octanol–water partition coefficient (Wildman–Crippen LogP) is 16.7. The maximum absolute atomic E-state index is 6.33. The Balaban J connectivity index is 3.93. The number of hydrogen-bond donors (Lipinski definition) is 0. The van der Waals surface area contributed by atoms with Gasteiger partial charge in [0.2, 0.25) is 0 Å². The van der Waals surface area contributed by atoms with E-state index in [1.54, 1.807) is 0 Å². The van der Waals surface area contributed by atoms with Gasteiger partial charge >= 0.3 is 0 Å². The van der Waals surface area contributed by atoms with E-state index < -0.39 is 0 Å². The highest BCUT2D eigenvalue weighted by molar-refractivity contribution is 4.58. The summed E-state index contributed by atoms with van der Waals surface area (Å²) >= 11 is 0. The Morgan fingerprint density at radius 3 is 0.667 bits per heavy atom. The smallest absolute Gasteiger partial charge is 0.104 e. The molecule has 0 fully saturated rings. The van der Waals surface area contributed by atoms with Crippen molar-refractivity contribution < 1.29 is 14.2 Å². The van der Waals surface area contributed by atoms with Gasteiger partial charge in [-0.3, -0.25) is 0 Å². The first-order chi connectivity index (χ1) is 25.3. The molecular formula is C48H98O3. The van der Waals surface area contributed by atoms with Crippen LogP contribution in [0.3, 0.4) is 0 Å². The average molecular weight is 723 g/mol. The molecule has 0 aliphatic carbocycles. The molecule has 0 aromatic heterocycles. The quantitative estimate of drug-likeness (QED) is 0.0585. The average Bonchev–Trinajstić information content (AvgIpc) is 3.14. The fourth-order valence-electron chi connectivity index (χ4n) is 7.39. The second-order valence-corrected chi connectivity index (χ2v) is 16.4. The van der Waals surface area contributed by atoms with Crippen molar-refractivity contribution in [2.45, 2.75) is 277 Å². The lowest BCUT2D eigenvalue weighted by Crippen LogP contribution is -2.26. The lowest BCUT2D eigenvalue weighted by Gasteiger charge is -2.18. The number of unbranched alkanes of at least 4 members (excludes halogenated alkanes) is 36. The van der Waals surface area contributed by atoms with Gasteiger partial charge in [-0.05, 0) is 19.3 Å². The molecule has 0 saturated heterocycles. The SMILES string of the molecule is CCCCCCCCCCCCCCCOCC(COCCCCCCCCCCCCCCC)OCCCCCCCCCCCCCCC. The van der Waals surface area contributed by atoms with Gasteiger partial charge in [0.05, 0.1) is 13.2 Å². The molecule has 3 nitrogen and oxygen atoms in total.